The molecule has 0 radical (unpaired) electrons. The molecular formula is C15H18O. The second-order valence-corrected chi connectivity index (χ2v) is 4.02. The van der Waals surface area contributed by atoms with E-state index >= 15 is 0 Å². The molecule has 0 saturated carbocycles. The first-order chi connectivity index (χ1) is 7.86. The molecule has 84 valence electrons. The van der Waals surface area contributed by atoms with E-state index in [9.17, 15) is 0 Å². The quantitative estimate of drug-likeness (QED) is 0.732. The molecule has 0 saturated heterocycles. The molecule has 1 heterocycles. The van der Waals surface area contributed by atoms with Crippen LogP contribution < -0.4 is 0 Å². The highest BCUT2D eigenvalue weighted by molar-refractivity contribution is 5.64. The van der Waals surface area contributed by atoms with Crippen LogP contribution in [-0.2, 0) is 12.8 Å². The highest BCUT2D eigenvalue weighted by atomic mass is 16.3. The topological polar surface area (TPSA) is 13.1 Å². The molecule has 0 unspecified atom stereocenters. The lowest BCUT2D eigenvalue weighted by Crippen LogP contribution is -1.95. The van der Waals surface area contributed by atoms with Crippen LogP contribution >= 0.6 is 0 Å². The van der Waals surface area contributed by atoms with E-state index in [1.807, 2.05) is 12.1 Å². The first-order valence-electron chi connectivity index (χ1n) is 6.01. The van der Waals surface area contributed by atoms with Crippen molar-refractivity contribution in [1.29, 1.82) is 0 Å². The molecular weight excluding hydrogens is 196 g/mol. The van der Waals surface area contributed by atoms with Gasteiger partial charge in [-0.25, -0.2) is 0 Å². The van der Waals surface area contributed by atoms with Crippen molar-refractivity contribution in [3.8, 4) is 11.3 Å². The number of hydrogen-bond acceptors (Lipinski definition) is 1. The van der Waals surface area contributed by atoms with Crippen molar-refractivity contribution in [2.24, 2.45) is 0 Å². The summed E-state index contributed by atoms with van der Waals surface area (Å²) >= 11 is 0. The van der Waals surface area contributed by atoms with Gasteiger partial charge in [-0.1, -0.05) is 38.5 Å². The monoisotopic (exact) mass is 214 g/mol. The largest absolute Gasteiger partial charge is 0.464 e. The van der Waals surface area contributed by atoms with Gasteiger partial charge in [-0.15, -0.1) is 0 Å². The maximum atomic E-state index is 5.50. The summed E-state index contributed by atoms with van der Waals surface area (Å²) in [6.45, 7) is 4.43. The standard InChI is InChI=1S/C15H18O/c1-3-7-12-8-5-9-14(13(12)4-2)15-10-6-11-16-15/h5-6,8-11H,3-4,7H2,1-2H3. The van der Waals surface area contributed by atoms with Crippen LogP contribution in [0, 0.1) is 0 Å². The first kappa shape index (κ1) is 11.0. The maximum absolute atomic E-state index is 5.50. The zero-order valence-corrected chi connectivity index (χ0v) is 9.99. The smallest absolute Gasteiger partial charge is 0.134 e. The van der Waals surface area contributed by atoms with Crippen LogP contribution in [0.2, 0.25) is 0 Å². The van der Waals surface area contributed by atoms with Crippen molar-refractivity contribution in [2.45, 2.75) is 33.1 Å². The Labute approximate surface area is 97.1 Å². The van der Waals surface area contributed by atoms with Gasteiger partial charge in [0, 0.05) is 5.56 Å². The Balaban J connectivity index is 2.49. The zero-order valence-electron chi connectivity index (χ0n) is 9.99. The van der Waals surface area contributed by atoms with Gasteiger partial charge in [0.1, 0.15) is 5.76 Å². The summed E-state index contributed by atoms with van der Waals surface area (Å²) in [4.78, 5) is 0. The average Bonchev–Trinajstić information content (AvgIpc) is 2.82. The van der Waals surface area contributed by atoms with E-state index in [1.54, 1.807) is 6.26 Å². The second kappa shape index (κ2) is 5.02. The second-order valence-electron chi connectivity index (χ2n) is 4.02. The maximum Gasteiger partial charge on any atom is 0.134 e. The van der Waals surface area contributed by atoms with Gasteiger partial charge in [0.25, 0.3) is 0 Å². The summed E-state index contributed by atoms with van der Waals surface area (Å²) in [5, 5.41) is 0. The molecule has 0 spiro atoms. The van der Waals surface area contributed by atoms with Crippen LogP contribution in [-0.4, -0.2) is 0 Å². The van der Waals surface area contributed by atoms with E-state index in [0.29, 0.717) is 0 Å². The third-order valence-corrected chi connectivity index (χ3v) is 2.93. The van der Waals surface area contributed by atoms with Crippen molar-refractivity contribution >= 4 is 0 Å². The zero-order chi connectivity index (χ0) is 11.4. The van der Waals surface area contributed by atoms with Crippen LogP contribution in [0.15, 0.2) is 41.0 Å². The van der Waals surface area contributed by atoms with E-state index in [1.165, 1.54) is 23.1 Å². The predicted octanol–water partition coefficient (Wildman–Crippen LogP) is 4.46. The Morgan fingerprint density at radius 2 is 1.94 bits per heavy atom. The van der Waals surface area contributed by atoms with E-state index < -0.39 is 0 Å². The SMILES string of the molecule is CCCc1cccc(-c2ccco2)c1CC. The summed E-state index contributed by atoms with van der Waals surface area (Å²) in [5.74, 6) is 0.981. The lowest BCUT2D eigenvalue weighted by atomic mass is 9.95. The lowest BCUT2D eigenvalue weighted by Gasteiger charge is -2.11. The molecule has 16 heavy (non-hydrogen) atoms. The highest BCUT2D eigenvalue weighted by Gasteiger charge is 2.09. The van der Waals surface area contributed by atoms with Gasteiger partial charge in [-0.05, 0) is 36.1 Å². The summed E-state index contributed by atoms with van der Waals surface area (Å²) in [6, 6.07) is 10.5. The van der Waals surface area contributed by atoms with Crippen LogP contribution in [0.1, 0.15) is 31.4 Å². The van der Waals surface area contributed by atoms with Crippen LogP contribution in [0.5, 0.6) is 0 Å². The average molecular weight is 214 g/mol. The fourth-order valence-electron chi connectivity index (χ4n) is 2.22. The minimum atomic E-state index is 0.981. The van der Waals surface area contributed by atoms with Gasteiger partial charge < -0.3 is 4.42 Å². The number of rotatable bonds is 4. The fraction of sp³-hybridized carbons (Fsp3) is 0.333. The molecule has 1 heteroatoms. The minimum Gasteiger partial charge on any atom is -0.464 e. The van der Waals surface area contributed by atoms with Crippen molar-refractivity contribution in [1.82, 2.24) is 0 Å². The van der Waals surface area contributed by atoms with Gasteiger partial charge >= 0.3 is 0 Å². The van der Waals surface area contributed by atoms with Gasteiger partial charge in [0.05, 0.1) is 6.26 Å². The van der Waals surface area contributed by atoms with E-state index in [0.717, 1.165) is 18.6 Å². The summed E-state index contributed by atoms with van der Waals surface area (Å²) in [7, 11) is 0. The molecule has 2 rings (SSSR count). The molecule has 0 N–H and O–H groups in total. The van der Waals surface area contributed by atoms with Crippen LogP contribution in [0.3, 0.4) is 0 Å². The van der Waals surface area contributed by atoms with Crippen LogP contribution in [0.25, 0.3) is 11.3 Å². The van der Waals surface area contributed by atoms with Gasteiger partial charge in [0.15, 0.2) is 0 Å². The third kappa shape index (κ3) is 2.04. The van der Waals surface area contributed by atoms with E-state index in [4.69, 9.17) is 4.42 Å². The summed E-state index contributed by atoms with van der Waals surface area (Å²) in [6.07, 6.45) is 5.14. The lowest BCUT2D eigenvalue weighted by molar-refractivity contribution is 0.581. The Morgan fingerprint density at radius 1 is 1.06 bits per heavy atom. The third-order valence-electron chi connectivity index (χ3n) is 2.93. The Hall–Kier alpha value is -1.50. The molecule has 0 atom stereocenters. The van der Waals surface area contributed by atoms with Crippen molar-refractivity contribution in [3.63, 3.8) is 0 Å². The molecule has 0 aliphatic carbocycles. The van der Waals surface area contributed by atoms with Crippen molar-refractivity contribution in [2.75, 3.05) is 0 Å². The fourth-order valence-corrected chi connectivity index (χ4v) is 2.22. The number of benzene rings is 1. The predicted molar refractivity (Wildman–Crippen MR) is 67.5 cm³/mol. The number of aryl methyl sites for hydroxylation is 1. The van der Waals surface area contributed by atoms with E-state index in [-0.39, 0.29) is 0 Å². The first-order valence-corrected chi connectivity index (χ1v) is 6.01. The Kier molecular flexibility index (Phi) is 3.45. The van der Waals surface area contributed by atoms with Gasteiger partial charge in [-0.2, -0.15) is 0 Å². The van der Waals surface area contributed by atoms with Crippen molar-refractivity contribution in [3.05, 3.63) is 47.7 Å². The minimum absolute atomic E-state index is 0.981. The highest BCUT2D eigenvalue weighted by Crippen LogP contribution is 2.27. The molecule has 0 aliphatic rings. The number of furan rings is 1. The van der Waals surface area contributed by atoms with E-state index in [2.05, 4.69) is 32.0 Å². The Morgan fingerprint density at radius 3 is 2.56 bits per heavy atom. The van der Waals surface area contributed by atoms with Gasteiger partial charge in [0.2, 0.25) is 0 Å². The molecule has 1 nitrogen and oxygen atoms in total. The summed E-state index contributed by atoms with van der Waals surface area (Å²) in [5.41, 5.74) is 4.14. The molecule has 1 aromatic carbocycles. The van der Waals surface area contributed by atoms with Crippen LogP contribution in [0.4, 0.5) is 0 Å². The molecule has 0 bridgehead atoms. The molecule has 1 aromatic heterocycles. The molecule has 0 aliphatic heterocycles. The number of hydrogen-bond donors (Lipinski definition) is 0. The summed E-state index contributed by atoms with van der Waals surface area (Å²) < 4.78 is 5.50. The molecule has 0 fully saturated rings. The molecule has 0 amide bonds. The van der Waals surface area contributed by atoms with Gasteiger partial charge in [-0.3, -0.25) is 0 Å². The van der Waals surface area contributed by atoms with Crippen molar-refractivity contribution < 1.29 is 4.42 Å². The Bertz CT molecular complexity index is 440. The molecule has 2 aromatic rings. The normalized spacial score (nSPS) is 10.6.